The average Bonchev–Trinajstić information content (AvgIpc) is 2.66. The Morgan fingerprint density at radius 3 is 2.19 bits per heavy atom. The molecule has 2 aromatic rings. The first-order chi connectivity index (χ1) is 12.8. The van der Waals surface area contributed by atoms with Crippen molar-refractivity contribution in [2.45, 2.75) is 31.2 Å². The summed E-state index contributed by atoms with van der Waals surface area (Å²) in [5, 5.41) is 9.12. The summed E-state index contributed by atoms with van der Waals surface area (Å²) in [6.07, 6.45) is 1.35. The van der Waals surface area contributed by atoms with Gasteiger partial charge in [0.15, 0.2) is 9.84 Å². The molecule has 0 aliphatic heterocycles. The third-order valence-corrected chi connectivity index (χ3v) is 5.87. The largest absolute Gasteiger partial charge is 0.480 e. The lowest BCUT2D eigenvalue weighted by Gasteiger charge is -2.21. The number of aliphatic carboxylic acids is 1. The van der Waals surface area contributed by atoms with Crippen LogP contribution in [-0.2, 0) is 21.2 Å². The van der Waals surface area contributed by atoms with Crippen molar-refractivity contribution in [2.75, 3.05) is 12.3 Å². The number of benzene rings is 2. The van der Waals surface area contributed by atoms with Gasteiger partial charge in [0.05, 0.1) is 10.6 Å². The fourth-order valence-corrected chi connectivity index (χ4v) is 4.06. The number of carboxylic acids is 1. The Hall–Kier alpha value is -2.67. The number of hydrogen-bond donors (Lipinski definition) is 1. The molecule has 2 rings (SSSR count). The Morgan fingerprint density at radius 2 is 1.63 bits per heavy atom. The van der Waals surface area contributed by atoms with Crippen LogP contribution in [0.25, 0.3) is 0 Å². The number of amides is 1. The van der Waals surface area contributed by atoms with Crippen LogP contribution in [0.1, 0.15) is 35.7 Å². The molecule has 27 heavy (non-hydrogen) atoms. The lowest BCUT2D eigenvalue weighted by molar-refractivity contribution is -0.137. The van der Waals surface area contributed by atoms with Crippen LogP contribution in [-0.4, -0.2) is 42.6 Å². The van der Waals surface area contributed by atoms with E-state index in [4.69, 9.17) is 5.11 Å². The van der Waals surface area contributed by atoms with E-state index in [1.807, 2.05) is 37.3 Å². The van der Waals surface area contributed by atoms with E-state index in [9.17, 15) is 18.0 Å². The van der Waals surface area contributed by atoms with Gasteiger partial charge in [-0.25, -0.2) is 8.42 Å². The number of nitrogens with zero attached hydrogens (tertiary/aromatic N) is 1. The van der Waals surface area contributed by atoms with E-state index < -0.39 is 28.3 Å². The number of sulfone groups is 1. The maximum atomic E-state index is 12.7. The molecular weight excluding hydrogens is 366 g/mol. The van der Waals surface area contributed by atoms with E-state index in [1.165, 1.54) is 29.2 Å². The van der Waals surface area contributed by atoms with Gasteiger partial charge in [-0.1, -0.05) is 43.7 Å². The minimum Gasteiger partial charge on any atom is -0.480 e. The molecule has 1 N–H and O–H groups in total. The SMILES string of the molecule is CCCCS(=O)(=O)c1ccc(C(=O)N(CC(=O)O)Cc2ccccc2)cc1. The Kier molecular flexibility index (Phi) is 7.12. The summed E-state index contributed by atoms with van der Waals surface area (Å²) in [7, 11) is -3.37. The summed E-state index contributed by atoms with van der Waals surface area (Å²) in [4.78, 5) is 25.3. The molecule has 0 atom stereocenters. The summed E-state index contributed by atoms with van der Waals surface area (Å²) >= 11 is 0. The number of carbonyl (C=O) groups is 2. The van der Waals surface area contributed by atoms with Crippen LogP contribution in [0.5, 0.6) is 0 Å². The van der Waals surface area contributed by atoms with E-state index >= 15 is 0 Å². The molecule has 0 fully saturated rings. The molecule has 6 nitrogen and oxygen atoms in total. The fourth-order valence-electron chi connectivity index (χ4n) is 2.61. The highest BCUT2D eigenvalue weighted by molar-refractivity contribution is 7.91. The second-order valence-electron chi connectivity index (χ2n) is 6.24. The van der Waals surface area contributed by atoms with Crippen molar-refractivity contribution < 1.29 is 23.1 Å². The highest BCUT2D eigenvalue weighted by atomic mass is 32.2. The van der Waals surface area contributed by atoms with Gasteiger partial charge in [-0.15, -0.1) is 0 Å². The van der Waals surface area contributed by atoms with E-state index in [0.29, 0.717) is 6.42 Å². The van der Waals surface area contributed by atoms with Crippen LogP contribution in [0.15, 0.2) is 59.5 Å². The smallest absolute Gasteiger partial charge is 0.323 e. The van der Waals surface area contributed by atoms with Crippen LogP contribution in [0.3, 0.4) is 0 Å². The van der Waals surface area contributed by atoms with Crippen LogP contribution in [0, 0.1) is 0 Å². The highest BCUT2D eigenvalue weighted by Crippen LogP contribution is 2.16. The van der Waals surface area contributed by atoms with Crippen LogP contribution in [0.2, 0.25) is 0 Å². The van der Waals surface area contributed by atoms with Gasteiger partial charge < -0.3 is 10.0 Å². The molecule has 0 unspecified atom stereocenters. The standard InChI is InChI=1S/C20H23NO5S/c1-2-3-13-27(25,26)18-11-9-17(10-12-18)20(24)21(15-19(22)23)14-16-7-5-4-6-8-16/h4-12H,2-3,13-15H2,1H3,(H,22,23). The van der Waals surface area contributed by atoms with E-state index in [0.717, 1.165) is 12.0 Å². The highest BCUT2D eigenvalue weighted by Gasteiger charge is 2.20. The topological polar surface area (TPSA) is 91.8 Å². The molecule has 0 aliphatic rings. The zero-order chi connectivity index (χ0) is 19.9. The van der Waals surface area contributed by atoms with Gasteiger partial charge in [0.1, 0.15) is 6.54 Å². The molecule has 0 radical (unpaired) electrons. The minimum atomic E-state index is -3.37. The molecule has 7 heteroatoms. The minimum absolute atomic E-state index is 0.0654. The van der Waals surface area contributed by atoms with Crippen molar-refractivity contribution in [1.82, 2.24) is 4.90 Å². The van der Waals surface area contributed by atoms with Crippen molar-refractivity contribution in [2.24, 2.45) is 0 Å². The molecule has 144 valence electrons. The Balaban J connectivity index is 2.20. The second kappa shape index (κ2) is 9.32. The van der Waals surface area contributed by atoms with E-state index in [-0.39, 0.29) is 22.8 Å². The molecule has 0 aliphatic carbocycles. The van der Waals surface area contributed by atoms with Gasteiger partial charge in [0, 0.05) is 12.1 Å². The normalized spacial score (nSPS) is 11.1. The molecule has 1 amide bonds. The van der Waals surface area contributed by atoms with Crippen molar-refractivity contribution in [3.05, 3.63) is 65.7 Å². The lowest BCUT2D eigenvalue weighted by atomic mass is 10.1. The van der Waals surface area contributed by atoms with Gasteiger partial charge in [-0.2, -0.15) is 0 Å². The molecular formula is C20H23NO5S. The third-order valence-electron chi connectivity index (χ3n) is 4.06. The van der Waals surface area contributed by atoms with Gasteiger partial charge in [0.2, 0.25) is 0 Å². The van der Waals surface area contributed by atoms with E-state index in [1.54, 1.807) is 0 Å². The summed E-state index contributed by atoms with van der Waals surface area (Å²) < 4.78 is 24.4. The van der Waals surface area contributed by atoms with Gasteiger partial charge in [-0.3, -0.25) is 9.59 Å². The summed E-state index contributed by atoms with van der Waals surface area (Å²) in [6, 6.07) is 14.8. The van der Waals surface area contributed by atoms with Gasteiger partial charge in [-0.05, 0) is 36.2 Å². The first-order valence-corrected chi connectivity index (χ1v) is 10.4. The quantitative estimate of drug-likeness (QED) is 0.712. The summed E-state index contributed by atoms with van der Waals surface area (Å²) in [5.74, 6) is -1.51. The Morgan fingerprint density at radius 1 is 1.00 bits per heavy atom. The zero-order valence-corrected chi connectivity index (χ0v) is 16.0. The molecule has 0 spiro atoms. The number of hydrogen-bond acceptors (Lipinski definition) is 4. The van der Waals surface area contributed by atoms with Crippen molar-refractivity contribution in [1.29, 1.82) is 0 Å². The first-order valence-electron chi connectivity index (χ1n) is 8.71. The molecule has 2 aromatic carbocycles. The Labute approximate surface area is 159 Å². The zero-order valence-electron chi connectivity index (χ0n) is 15.2. The average molecular weight is 389 g/mol. The maximum Gasteiger partial charge on any atom is 0.323 e. The Bertz CT molecular complexity index is 876. The third kappa shape index (κ3) is 5.92. The number of rotatable bonds is 9. The summed E-state index contributed by atoms with van der Waals surface area (Å²) in [6.45, 7) is 1.63. The molecule has 0 saturated heterocycles. The monoisotopic (exact) mass is 389 g/mol. The number of unbranched alkanes of at least 4 members (excludes halogenated alkanes) is 1. The predicted octanol–water partition coefficient (Wildman–Crippen LogP) is 2.99. The van der Waals surface area contributed by atoms with Gasteiger partial charge >= 0.3 is 5.97 Å². The second-order valence-corrected chi connectivity index (χ2v) is 8.35. The molecule has 0 saturated carbocycles. The predicted molar refractivity (Wildman–Crippen MR) is 102 cm³/mol. The van der Waals surface area contributed by atoms with Crippen LogP contribution in [0.4, 0.5) is 0 Å². The molecule has 0 bridgehead atoms. The van der Waals surface area contributed by atoms with Crippen LogP contribution >= 0.6 is 0 Å². The van der Waals surface area contributed by atoms with Crippen molar-refractivity contribution in [3.63, 3.8) is 0 Å². The van der Waals surface area contributed by atoms with Crippen molar-refractivity contribution >= 4 is 21.7 Å². The molecule has 0 heterocycles. The maximum absolute atomic E-state index is 12.7. The van der Waals surface area contributed by atoms with Gasteiger partial charge in [0.25, 0.3) is 5.91 Å². The van der Waals surface area contributed by atoms with Crippen LogP contribution < -0.4 is 0 Å². The number of carboxylic acid groups (broad SMARTS) is 1. The molecule has 0 aromatic heterocycles. The first kappa shape index (κ1) is 20.6. The lowest BCUT2D eigenvalue weighted by Crippen LogP contribution is -2.35. The number of carbonyl (C=O) groups excluding carboxylic acids is 1. The fraction of sp³-hybridized carbons (Fsp3) is 0.300. The summed E-state index contributed by atoms with van der Waals surface area (Å²) in [5.41, 5.74) is 1.06. The van der Waals surface area contributed by atoms with Crippen molar-refractivity contribution in [3.8, 4) is 0 Å². The van der Waals surface area contributed by atoms with E-state index in [2.05, 4.69) is 0 Å².